The average molecular weight is 406 g/mol. The van der Waals surface area contributed by atoms with E-state index in [1.54, 1.807) is 18.2 Å². The number of carbonyl (C=O) groups is 1. The molecule has 0 radical (unpaired) electrons. The summed E-state index contributed by atoms with van der Waals surface area (Å²) in [6.07, 6.45) is 0. The largest absolute Gasteiger partial charge is 0.352 e. The molecule has 0 atom stereocenters. The summed E-state index contributed by atoms with van der Waals surface area (Å²) in [5.74, 6) is -0.482. The van der Waals surface area contributed by atoms with Crippen LogP contribution in [0.1, 0.15) is 41.0 Å². The van der Waals surface area contributed by atoms with Gasteiger partial charge in [-0.15, -0.1) is 0 Å². The summed E-state index contributed by atoms with van der Waals surface area (Å²) in [4.78, 5) is 40.8. The fourth-order valence-corrected chi connectivity index (χ4v) is 3.25. The third kappa shape index (κ3) is 4.25. The Hall–Kier alpha value is -3.48. The Bertz CT molecular complexity index is 1170. The minimum atomic E-state index is -0.679. The molecule has 30 heavy (non-hydrogen) atoms. The highest BCUT2D eigenvalue weighted by atomic mass is 16.2. The van der Waals surface area contributed by atoms with E-state index >= 15 is 0 Å². The van der Waals surface area contributed by atoms with Gasteiger partial charge in [0.15, 0.2) is 0 Å². The van der Waals surface area contributed by atoms with Gasteiger partial charge in [0.05, 0.1) is 12.2 Å². The first-order valence-electron chi connectivity index (χ1n) is 10.0. The standard InChI is InChI=1S/C23H26N4O3/c1-5-25(6-2)21(28)20-22(29)26(15-18-12-10-16(3)11-13-18)23(30)27(24-20)19-9-7-8-17(4)14-19/h7-14H,5-6,15H2,1-4H3. The Balaban J connectivity index is 2.24. The van der Waals surface area contributed by atoms with Gasteiger partial charge in [-0.2, -0.15) is 9.78 Å². The quantitative estimate of drug-likeness (QED) is 0.630. The maximum absolute atomic E-state index is 13.2. The zero-order valence-corrected chi connectivity index (χ0v) is 17.8. The molecule has 0 unspecified atom stereocenters. The first-order valence-corrected chi connectivity index (χ1v) is 10.0. The lowest BCUT2D eigenvalue weighted by Gasteiger charge is -2.19. The molecule has 0 fully saturated rings. The van der Waals surface area contributed by atoms with Crippen LogP contribution in [-0.4, -0.2) is 38.2 Å². The molecule has 2 aromatic carbocycles. The van der Waals surface area contributed by atoms with E-state index < -0.39 is 17.2 Å². The van der Waals surface area contributed by atoms with Crippen molar-refractivity contribution in [3.8, 4) is 5.69 Å². The van der Waals surface area contributed by atoms with Crippen molar-refractivity contribution in [3.63, 3.8) is 0 Å². The molecule has 0 aliphatic rings. The average Bonchev–Trinajstić information content (AvgIpc) is 2.73. The molecular formula is C23H26N4O3. The lowest BCUT2D eigenvalue weighted by molar-refractivity contribution is 0.0761. The van der Waals surface area contributed by atoms with Crippen LogP contribution in [0.5, 0.6) is 0 Å². The van der Waals surface area contributed by atoms with Gasteiger partial charge in [-0.1, -0.05) is 42.0 Å². The number of rotatable bonds is 6. The van der Waals surface area contributed by atoms with Crippen molar-refractivity contribution in [1.82, 2.24) is 19.2 Å². The van der Waals surface area contributed by atoms with E-state index in [4.69, 9.17) is 0 Å². The molecule has 7 nitrogen and oxygen atoms in total. The zero-order valence-electron chi connectivity index (χ0n) is 17.8. The second-order valence-electron chi connectivity index (χ2n) is 7.24. The van der Waals surface area contributed by atoms with E-state index in [9.17, 15) is 14.4 Å². The Kier molecular flexibility index (Phi) is 6.30. The Labute approximate surface area is 175 Å². The highest BCUT2D eigenvalue weighted by molar-refractivity contribution is 5.91. The van der Waals surface area contributed by atoms with Crippen molar-refractivity contribution in [2.24, 2.45) is 0 Å². The molecule has 0 saturated carbocycles. The van der Waals surface area contributed by atoms with Gasteiger partial charge >= 0.3 is 5.69 Å². The fraction of sp³-hybridized carbons (Fsp3) is 0.304. The van der Waals surface area contributed by atoms with E-state index in [1.165, 1.54) is 4.90 Å². The van der Waals surface area contributed by atoms with Crippen LogP contribution in [-0.2, 0) is 6.54 Å². The third-order valence-corrected chi connectivity index (χ3v) is 5.02. The molecule has 0 aliphatic heterocycles. The van der Waals surface area contributed by atoms with Crippen LogP contribution >= 0.6 is 0 Å². The molecular weight excluding hydrogens is 380 g/mol. The molecule has 3 rings (SSSR count). The van der Waals surface area contributed by atoms with Crippen LogP contribution in [0.25, 0.3) is 5.69 Å². The molecule has 7 heteroatoms. The second-order valence-corrected chi connectivity index (χ2v) is 7.24. The maximum Gasteiger partial charge on any atom is 0.352 e. The van der Waals surface area contributed by atoms with Crippen molar-refractivity contribution in [3.05, 3.63) is 91.8 Å². The normalized spacial score (nSPS) is 10.8. The monoisotopic (exact) mass is 406 g/mol. The molecule has 1 aromatic heterocycles. The molecule has 156 valence electrons. The van der Waals surface area contributed by atoms with Crippen LogP contribution in [0.3, 0.4) is 0 Å². The summed E-state index contributed by atoms with van der Waals surface area (Å²) in [5, 5.41) is 4.20. The van der Waals surface area contributed by atoms with Gasteiger partial charge < -0.3 is 4.90 Å². The lowest BCUT2D eigenvalue weighted by atomic mass is 10.1. The molecule has 3 aromatic rings. The Morgan fingerprint density at radius 3 is 2.23 bits per heavy atom. The summed E-state index contributed by atoms with van der Waals surface area (Å²) in [6.45, 7) is 8.49. The highest BCUT2D eigenvalue weighted by Crippen LogP contribution is 2.08. The molecule has 0 saturated heterocycles. The number of aromatic nitrogens is 3. The molecule has 1 amide bonds. The van der Waals surface area contributed by atoms with E-state index in [0.717, 1.165) is 25.9 Å². The van der Waals surface area contributed by atoms with Crippen molar-refractivity contribution in [2.75, 3.05) is 13.1 Å². The van der Waals surface area contributed by atoms with Crippen LogP contribution < -0.4 is 11.2 Å². The summed E-state index contributed by atoms with van der Waals surface area (Å²) in [5.41, 5.74) is 1.80. The maximum atomic E-state index is 13.2. The molecule has 1 heterocycles. The lowest BCUT2D eigenvalue weighted by Crippen LogP contribution is -2.46. The van der Waals surface area contributed by atoms with Gasteiger partial charge in [-0.3, -0.25) is 14.2 Å². The Morgan fingerprint density at radius 2 is 1.63 bits per heavy atom. The van der Waals surface area contributed by atoms with Crippen molar-refractivity contribution in [1.29, 1.82) is 0 Å². The van der Waals surface area contributed by atoms with Gasteiger partial charge in [-0.25, -0.2) is 4.79 Å². The molecule has 0 bridgehead atoms. The van der Waals surface area contributed by atoms with E-state index in [1.807, 2.05) is 58.0 Å². The van der Waals surface area contributed by atoms with E-state index in [0.29, 0.717) is 18.8 Å². The zero-order chi connectivity index (χ0) is 21.8. The smallest absolute Gasteiger partial charge is 0.338 e. The summed E-state index contributed by atoms with van der Waals surface area (Å²) >= 11 is 0. The van der Waals surface area contributed by atoms with Crippen LogP contribution in [0.4, 0.5) is 0 Å². The summed E-state index contributed by atoms with van der Waals surface area (Å²) in [7, 11) is 0. The first-order chi connectivity index (χ1) is 14.3. The number of aryl methyl sites for hydroxylation is 2. The summed E-state index contributed by atoms with van der Waals surface area (Å²) in [6, 6.07) is 14.8. The number of amides is 1. The first kappa shape index (κ1) is 21.2. The number of hydrogen-bond acceptors (Lipinski definition) is 4. The minimum Gasteiger partial charge on any atom is -0.338 e. The SMILES string of the molecule is CCN(CC)C(=O)c1nn(-c2cccc(C)c2)c(=O)n(Cc2ccc(C)cc2)c1=O. The predicted octanol–water partition coefficient (Wildman–Crippen LogP) is 2.54. The highest BCUT2D eigenvalue weighted by Gasteiger charge is 2.23. The third-order valence-electron chi connectivity index (χ3n) is 5.02. The van der Waals surface area contributed by atoms with E-state index in [2.05, 4.69) is 5.10 Å². The topological polar surface area (TPSA) is 77.2 Å². The number of carbonyl (C=O) groups excluding carboxylic acids is 1. The van der Waals surface area contributed by atoms with Gasteiger partial charge in [-0.05, 0) is 51.0 Å². The van der Waals surface area contributed by atoms with Gasteiger partial charge in [0, 0.05) is 13.1 Å². The van der Waals surface area contributed by atoms with Gasteiger partial charge in [0.25, 0.3) is 11.5 Å². The molecule has 0 N–H and O–H groups in total. The second kappa shape index (κ2) is 8.90. The number of nitrogens with zero attached hydrogens (tertiary/aromatic N) is 4. The summed E-state index contributed by atoms with van der Waals surface area (Å²) < 4.78 is 2.22. The predicted molar refractivity (Wildman–Crippen MR) is 116 cm³/mol. The minimum absolute atomic E-state index is 0.0603. The molecule has 0 spiro atoms. The van der Waals surface area contributed by atoms with E-state index in [-0.39, 0.29) is 12.2 Å². The van der Waals surface area contributed by atoms with Gasteiger partial charge in [0.1, 0.15) is 0 Å². The molecule has 0 aliphatic carbocycles. The van der Waals surface area contributed by atoms with Gasteiger partial charge in [0.2, 0.25) is 5.69 Å². The number of benzene rings is 2. The Morgan fingerprint density at radius 1 is 0.967 bits per heavy atom. The van der Waals surface area contributed by atoms with Crippen molar-refractivity contribution >= 4 is 5.91 Å². The fourth-order valence-electron chi connectivity index (χ4n) is 3.25. The number of hydrogen-bond donors (Lipinski definition) is 0. The van der Waals surface area contributed by atoms with Crippen LogP contribution in [0.2, 0.25) is 0 Å². The van der Waals surface area contributed by atoms with Crippen molar-refractivity contribution < 1.29 is 4.79 Å². The van der Waals surface area contributed by atoms with Crippen molar-refractivity contribution in [2.45, 2.75) is 34.2 Å². The van der Waals surface area contributed by atoms with Crippen LogP contribution in [0, 0.1) is 13.8 Å². The van der Waals surface area contributed by atoms with Crippen LogP contribution in [0.15, 0.2) is 58.1 Å².